The number of nitrogens with zero attached hydrogens (tertiary/aromatic N) is 3. The van der Waals surface area contributed by atoms with Crippen molar-refractivity contribution >= 4 is 46.7 Å². The minimum atomic E-state index is -1.39. The van der Waals surface area contributed by atoms with Gasteiger partial charge in [-0.3, -0.25) is 19.4 Å². The van der Waals surface area contributed by atoms with Gasteiger partial charge in [-0.2, -0.15) is 5.26 Å². The lowest BCUT2D eigenvalue weighted by molar-refractivity contribution is -0.134. The number of nitriles is 1. The zero-order valence-electron chi connectivity index (χ0n) is 15.4. The molecule has 3 rings (SSSR count). The number of carbonyl (C=O) groups is 3. The van der Waals surface area contributed by atoms with Crippen LogP contribution in [-0.4, -0.2) is 35.8 Å². The molecule has 2 aromatic carbocycles. The third-order valence-electron chi connectivity index (χ3n) is 4.66. The maximum Gasteiger partial charge on any atom is 0.325 e. The van der Waals surface area contributed by atoms with Crippen LogP contribution in [0.25, 0.3) is 0 Å². The highest BCUT2D eigenvalue weighted by Gasteiger charge is 2.49. The van der Waals surface area contributed by atoms with Crippen molar-refractivity contribution < 1.29 is 14.4 Å². The average molecular weight is 431 g/mol. The lowest BCUT2D eigenvalue weighted by atomic mass is 9.92. The molecule has 0 spiro atoms. The number of imide groups is 1. The molecule has 29 heavy (non-hydrogen) atoms. The summed E-state index contributed by atoms with van der Waals surface area (Å²) in [6, 6.07) is 14.4. The van der Waals surface area contributed by atoms with E-state index < -0.39 is 29.9 Å². The summed E-state index contributed by atoms with van der Waals surface area (Å²) in [6.07, 6.45) is 0. The Morgan fingerprint density at radius 3 is 2.48 bits per heavy atom. The van der Waals surface area contributed by atoms with Gasteiger partial charge in [-0.25, -0.2) is 4.79 Å². The number of anilines is 1. The first-order valence-corrected chi connectivity index (χ1v) is 9.35. The lowest BCUT2D eigenvalue weighted by Gasteiger charge is -2.24. The largest absolute Gasteiger partial charge is 0.325 e. The molecule has 0 aliphatic carbocycles. The van der Waals surface area contributed by atoms with Crippen LogP contribution in [0.3, 0.4) is 0 Å². The average Bonchev–Trinajstić information content (AvgIpc) is 2.92. The van der Waals surface area contributed by atoms with Gasteiger partial charge < -0.3 is 5.32 Å². The van der Waals surface area contributed by atoms with E-state index in [0.29, 0.717) is 16.3 Å². The maximum atomic E-state index is 13.0. The smallest absolute Gasteiger partial charge is 0.319 e. The fraction of sp³-hybridized carbons (Fsp3) is 0.200. The number of hydrogen-bond acceptors (Lipinski definition) is 4. The first-order valence-electron chi connectivity index (χ1n) is 8.60. The normalized spacial score (nSPS) is 18.3. The molecule has 1 atom stereocenters. The van der Waals surface area contributed by atoms with Crippen LogP contribution in [0.4, 0.5) is 10.5 Å². The van der Waals surface area contributed by atoms with Gasteiger partial charge in [0.15, 0.2) is 0 Å². The van der Waals surface area contributed by atoms with E-state index in [-0.39, 0.29) is 11.6 Å². The van der Waals surface area contributed by atoms with Crippen LogP contribution in [0.15, 0.2) is 48.5 Å². The van der Waals surface area contributed by atoms with Gasteiger partial charge in [-0.1, -0.05) is 47.5 Å². The lowest BCUT2D eigenvalue weighted by Crippen LogP contribution is -2.44. The SMILES string of the molecule is CC1(c2ccc(Cl)c(Cl)c2)NC(=O)N(CC(=O)N(CC#N)c2ccccc2)C1=O. The number of carbonyl (C=O) groups excluding carboxylic acids is 3. The Morgan fingerprint density at radius 1 is 1.17 bits per heavy atom. The quantitative estimate of drug-likeness (QED) is 0.581. The summed E-state index contributed by atoms with van der Waals surface area (Å²) in [7, 11) is 0. The fourth-order valence-electron chi connectivity index (χ4n) is 3.07. The molecule has 7 nitrogen and oxygen atoms in total. The molecule has 1 aliphatic heterocycles. The number of hydrogen-bond donors (Lipinski definition) is 1. The van der Waals surface area contributed by atoms with Crippen molar-refractivity contribution in [2.24, 2.45) is 0 Å². The molecule has 1 heterocycles. The van der Waals surface area contributed by atoms with Crippen molar-refractivity contribution in [3.63, 3.8) is 0 Å². The van der Waals surface area contributed by atoms with Gasteiger partial charge in [-0.15, -0.1) is 0 Å². The molecule has 4 amide bonds. The van der Waals surface area contributed by atoms with Crippen LogP contribution in [0.1, 0.15) is 12.5 Å². The van der Waals surface area contributed by atoms with Crippen LogP contribution < -0.4 is 10.2 Å². The van der Waals surface area contributed by atoms with Crippen molar-refractivity contribution in [3.05, 3.63) is 64.1 Å². The second-order valence-electron chi connectivity index (χ2n) is 6.55. The second kappa shape index (κ2) is 8.11. The van der Waals surface area contributed by atoms with E-state index in [1.54, 1.807) is 36.4 Å². The predicted octanol–water partition coefficient (Wildman–Crippen LogP) is 3.32. The Labute approximate surface area is 177 Å². The van der Waals surface area contributed by atoms with E-state index in [0.717, 1.165) is 4.90 Å². The molecule has 1 fully saturated rings. The third kappa shape index (κ3) is 3.90. The minimum absolute atomic E-state index is 0.212. The van der Waals surface area contributed by atoms with E-state index >= 15 is 0 Å². The number of nitrogens with one attached hydrogen (secondary N) is 1. The highest BCUT2D eigenvalue weighted by Crippen LogP contribution is 2.33. The summed E-state index contributed by atoms with van der Waals surface area (Å²) in [6.45, 7) is 0.816. The number of rotatable bonds is 5. The zero-order valence-corrected chi connectivity index (χ0v) is 16.9. The predicted molar refractivity (Wildman–Crippen MR) is 108 cm³/mol. The molecule has 0 radical (unpaired) electrons. The standard InChI is InChI=1S/C20H16Cl2N4O3/c1-20(13-7-8-15(21)16(22)11-13)18(28)26(19(29)24-20)12-17(27)25(10-9-23)14-5-3-2-4-6-14/h2-8,11H,10,12H2,1H3,(H,24,29). The Bertz CT molecular complexity index is 1020. The molecule has 1 N–H and O–H groups in total. The van der Waals surface area contributed by atoms with Crippen molar-refractivity contribution in [3.8, 4) is 6.07 Å². The molecule has 0 bridgehead atoms. The first-order chi connectivity index (χ1) is 13.8. The fourth-order valence-corrected chi connectivity index (χ4v) is 3.36. The van der Waals surface area contributed by atoms with Gasteiger partial charge in [-0.05, 0) is 36.8 Å². The Balaban J connectivity index is 1.85. The van der Waals surface area contributed by atoms with E-state index in [9.17, 15) is 14.4 Å². The van der Waals surface area contributed by atoms with Crippen LogP contribution in [0, 0.1) is 11.3 Å². The van der Waals surface area contributed by atoms with Gasteiger partial charge >= 0.3 is 6.03 Å². The van der Waals surface area contributed by atoms with Crippen LogP contribution in [0.5, 0.6) is 0 Å². The summed E-state index contributed by atoms with van der Waals surface area (Å²) >= 11 is 12.0. The summed E-state index contributed by atoms with van der Waals surface area (Å²) in [5.74, 6) is -1.15. The van der Waals surface area contributed by atoms with Crippen LogP contribution >= 0.6 is 23.2 Å². The number of amides is 4. The summed E-state index contributed by atoms with van der Waals surface area (Å²) in [5.41, 5.74) is -0.450. The van der Waals surface area contributed by atoms with Gasteiger partial charge in [0.25, 0.3) is 5.91 Å². The van der Waals surface area contributed by atoms with Crippen molar-refractivity contribution in [2.45, 2.75) is 12.5 Å². The minimum Gasteiger partial charge on any atom is -0.319 e. The number of para-hydroxylation sites is 1. The highest BCUT2D eigenvalue weighted by atomic mass is 35.5. The van der Waals surface area contributed by atoms with Crippen molar-refractivity contribution in [1.29, 1.82) is 5.26 Å². The van der Waals surface area contributed by atoms with Crippen molar-refractivity contribution in [1.82, 2.24) is 10.2 Å². The number of benzene rings is 2. The molecule has 0 saturated carbocycles. The summed E-state index contributed by atoms with van der Waals surface area (Å²) in [5, 5.41) is 12.2. The van der Waals surface area contributed by atoms with Gasteiger partial charge in [0.1, 0.15) is 18.6 Å². The molecule has 2 aromatic rings. The molecule has 1 saturated heterocycles. The van der Waals surface area contributed by atoms with Crippen molar-refractivity contribution in [2.75, 3.05) is 18.0 Å². The Kier molecular flexibility index (Phi) is 5.78. The molecular formula is C20H16Cl2N4O3. The molecule has 148 valence electrons. The Hall–Kier alpha value is -3.08. The summed E-state index contributed by atoms with van der Waals surface area (Å²) < 4.78 is 0. The number of halogens is 2. The van der Waals surface area contributed by atoms with Gasteiger partial charge in [0, 0.05) is 5.69 Å². The first kappa shape index (κ1) is 20.6. The van der Waals surface area contributed by atoms with E-state index in [1.807, 2.05) is 6.07 Å². The molecule has 1 unspecified atom stereocenters. The maximum absolute atomic E-state index is 13.0. The zero-order chi connectivity index (χ0) is 21.2. The van der Waals surface area contributed by atoms with Gasteiger partial charge in [0.05, 0.1) is 16.1 Å². The van der Waals surface area contributed by atoms with E-state index in [1.165, 1.54) is 24.0 Å². The van der Waals surface area contributed by atoms with E-state index in [4.69, 9.17) is 28.5 Å². The molecule has 9 heteroatoms. The topological polar surface area (TPSA) is 93.5 Å². The second-order valence-corrected chi connectivity index (χ2v) is 7.36. The molecular weight excluding hydrogens is 415 g/mol. The van der Waals surface area contributed by atoms with Crippen LogP contribution in [0.2, 0.25) is 10.0 Å². The number of urea groups is 1. The third-order valence-corrected chi connectivity index (χ3v) is 5.40. The highest BCUT2D eigenvalue weighted by molar-refractivity contribution is 6.42. The molecule has 0 aromatic heterocycles. The van der Waals surface area contributed by atoms with Gasteiger partial charge in [0.2, 0.25) is 5.91 Å². The molecule has 1 aliphatic rings. The monoisotopic (exact) mass is 430 g/mol. The summed E-state index contributed by atoms with van der Waals surface area (Å²) in [4.78, 5) is 40.3. The Morgan fingerprint density at radius 2 is 1.86 bits per heavy atom. The van der Waals surface area contributed by atoms with Crippen LogP contribution in [-0.2, 0) is 15.1 Å². The van der Waals surface area contributed by atoms with E-state index in [2.05, 4.69) is 5.32 Å².